The van der Waals surface area contributed by atoms with E-state index in [0.29, 0.717) is 5.69 Å². The fourth-order valence-electron chi connectivity index (χ4n) is 1.47. The van der Waals surface area contributed by atoms with Crippen LogP contribution in [0.5, 0.6) is 0 Å². The van der Waals surface area contributed by atoms with Gasteiger partial charge in [0.2, 0.25) is 0 Å². The molecule has 0 aliphatic carbocycles. The minimum Gasteiger partial charge on any atom is -0.381 e. The van der Waals surface area contributed by atoms with Gasteiger partial charge in [-0.3, -0.25) is 4.79 Å². The van der Waals surface area contributed by atoms with Crippen LogP contribution in [-0.2, 0) is 0 Å². The molecule has 0 aliphatic rings. The fourth-order valence-corrected chi connectivity index (χ4v) is 1.47. The van der Waals surface area contributed by atoms with Crippen LogP contribution >= 0.6 is 0 Å². The summed E-state index contributed by atoms with van der Waals surface area (Å²) < 4.78 is 13.6. The number of anilines is 2. The Bertz CT molecular complexity index is 581. The highest BCUT2D eigenvalue weighted by Gasteiger charge is 2.14. The van der Waals surface area contributed by atoms with Crippen molar-refractivity contribution < 1.29 is 9.18 Å². The highest BCUT2D eigenvalue weighted by molar-refractivity contribution is 6.04. The number of carbonyl (C=O) groups excluding carboxylic acids is 1. The molecule has 0 unspecified atom stereocenters. The molecule has 2 aromatic rings. The lowest BCUT2D eigenvalue weighted by Crippen LogP contribution is -2.15. The molecule has 0 fully saturated rings. The molecule has 0 atom stereocenters. The molecule has 4 nitrogen and oxygen atoms in total. The van der Waals surface area contributed by atoms with Crippen molar-refractivity contribution in [2.45, 2.75) is 6.92 Å². The van der Waals surface area contributed by atoms with E-state index in [0.717, 1.165) is 5.56 Å². The van der Waals surface area contributed by atoms with Crippen molar-refractivity contribution in [3.63, 3.8) is 0 Å². The average Bonchev–Trinajstić information content (AvgIpc) is 2.35. The van der Waals surface area contributed by atoms with E-state index in [2.05, 4.69) is 10.3 Å². The van der Waals surface area contributed by atoms with Gasteiger partial charge in [-0.2, -0.15) is 0 Å². The van der Waals surface area contributed by atoms with Crippen LogP contribution < -0.4 is 11.1 Å². The van der Waals surface area contributed by atoms with E-state index in [1.807, 2.05) is 19.1 Å². The number of aromatic nitrogens is 1. The average molecular weight is 245 g/mol. The van der Waals surface area contributed by atoms with Crippen LogP contribution in [0.15, 0.2) is 36.5 Å². The van der Waals surface area contributed by atoms with Gasteiger partial charge in [0.05, 0.1) is 5.56 Å². The predicted octanol–water partition coefficient (Wildman–Crippen LogP) is 2.36. The van der Waals surface area contributed by atoms with Gasteiger partial charge < -0.3 is 11.1 Å². The van der Waals surface area contributed by atoms with Gasteiger partial charge >= 0.3 is 0 Å². The summed E-state index contributed by atoms with van der Waals surface area (Å²) in [6.07, 6.45) is 1.29. The molecule has 0 saturated carbocycles. The standard InChI is InChI=1S/C13H12FN3O/c1-8-2-4-9(5-3-8)17-13(18)10-6-7-16-12(15)11(10)14/h2-7H,1H3,(H2,15,16)(H,17,18). The number of aryl methyl sites for hydroxylation is 1. The van der Waals surface area contributed by atoms with E-state index in [1.54, 1.807) is 12.1 Å². The van der Waals surface area contributed by atoms with Gasteiger partial charge in [-0.25, -0.2) is 9.37 Å². The first-order valence-corrected chi connectivity index (χ1v) is 5.36. The maximum Gasteiger partial charge on any atom is 0.258 e. The van der Waals surface area contributed by atoms with Crippen molar-refractivity contribution in [3.05, 3.63) is 53.5 Å². The quantitative estimate of drug-likeness (QED) is 0.853. The molecular formula is C13H12FN3O. The maximum atomic E-state index is 13.6. The molecule has 0 saturated heterocycles. The Morgan fingerprint density at radius 2 is 1.94 bits per heavy atom. The van der Waals surface area contributed by atoms with Gasteiger partial charge in [0, 0.05) is 11.9 Å². The monoisotopic (exact) mass is 245 g/mol. The summed E-state index contributed by atoms with van der Waals surface area (Å²) in [5.74, 6) is -1.64. The van der Waals surface area contributed by atoms with E-state index in [-0.39, 0.29) is 11.4 Å². The summed E-state index contributed by atoms with van der Waals surface area (Å²) in [4.78, 5) is 15.4. The SMILES string of the molecule is Cc1ccc(NC(=O)c2ccnc(N)c2F)cc1. The van der Waals surface area contributed by atoms with E-state index in [1.165, 1.54) is 12.3 Å². The third-order valence-electron chi connectivity index (χ3n) is 2.47. The Hall–Kier alpha value is -2.43. The third-order valence-corrected chi connectivity index (χ3v) is 2.47. The number of nitrogens with one attached hydrogen (secondary N) is 1. The van der Waals surface area contributed by atoms with Crippen molar-refractivity contribution in [2.24, 2.45) is 0 Å². The topological polar surface area (TPSA) is 68.0 Å². The molecule has 0 aliphatic heterocycles. The number of pyridine rings is 1. The second kappa shape index (κ2) is 4.83. The first-order chi connectivity index (χ1) is 8.58. The van der Waals surface area contributed by atoms with Crippen molar-refractivity contribution in [3.8, 4) is 0 Å². The van der Waals surface area contributed by atoms with E-state index >= 15 is 0 Å². The smallest absolute Gasteiger partial charge is 0.258 e. The van der Waals surface area contributed by atoms with E-state index < -0.39 is 11.7 Å². The summed E-state index contributed by atoms with van der Waals surface area (Å²) in [5.41, 5.74) is 6.86. The Labute approximate surface area is 104 Å². The summed E-state index contributed by atoms with van der Waals surface area (Å²) in [5, 5.41) is 2.59. The van der Waals surface area contributed by atoms with Crippen LogP contribution in [0.1, 0.15) is 15.9 Å². The Kier molecular flexibility index (Phi) is 3.23. The molecule has 18 heavy (non-hydrogen) atoms. The molecule has 1 aromatic carbocycles. The number of hydrogen-bond acceptors (Lipinski definition) is 3. The van der Waals surface area contributed by atoms with Gasteiger partial charge in [-0.15, -0.1) is 0 Å². The molecule has 0 radical (unpaired) electrons. The zero-order chi connectivity index (χ0) is 13.1. The largest absolute Gasteiger partial charge is 0.381 e. The number of nitrogen functional groups attached to an aromatic ring is 1. The van der Waals surface area contributed by atoms with Crippen molar-refractivity contribution in [1.82, 2.24) is 4.98 Å². The molecule has 1 aromatic heterocycles. The summed E-state index contributed by atoms with van der Waals surface area (Å²) >= 11 is 0. The number of halogens is 1. The van der Waals surface area contributed by atoms with Crippen molar-refractivity contribution >= 4 is 17.4 Å². The molecule has 1 amide bonds. The van der Waals surface area contributed by atoms with Crippen LogP contribution in [0, 0.1) is 12.7 Å². The number of hydrogen-bond donors (Lipinski definition) is 2. The minimum absolute atomic E-state index is 0.122. The lowest BCUT2D eigenvalue weighted by molar-refractivity contribution is 0.102. The van der Waals surface area contributed by atoms with Crippen LogP contribution in [0.2, 0.25) is 0 Å². The highest BCUT2D eigenvalue weighted by Crippen LogP contribution is 2.15. The minimum atomic E-state index is -0.804. The molecule has 2 rings (SSSR count). The van der Waals surface area contributed by atoms with Gasteiger partial charge in [0.1, 0.15) is 0 Å². The van der Waals surface area contributed by atoms with Crippen molar-refractivity contribution in [1.29, 1.82) is 0 Å². The van der Waals surface area contributed by atoms with Crippen LogP contribution in [0.3, 0.4) is 0 Å². The highest BCUT2D eigenvalue weighted by atomic mass is 19.1. The van der Waals surface area contributed by atoms with E-state index in [4.69, 9.17) is 5.73 Å². The number of rotatable bonds is 2. The first kappa shape index (κ1) is 12.0. The molecule has 92 valence electrons. The Morgan fingerprint density at radius 3 is 2.61 bits per heavy atom. The summed E-state index contributed by atoms with van der Waals surface area (Å²) in [6.45, 7) is 1.94. The Balaban J connectivity index is 2.22. The maximum absolute atomic E-state index is 13.6. The lowest BCUT2D eigenvalue weighted by atomic mass is 10.2. The molecule has 5 heteroatoms. The van der Waals surface area contributed by atoms with Gasteiger partial charge in [-0.05, 0) is 25.1 Å². The molecular weight excluding hydrogens is 233 g/mol. The van der Waals surface area contributed by atoms with E-state index in [9.17, 15) is 9.18 Å². The van der Waals surface area contributed by atoms with Crippen LogP contribution in [0.25, 0.3) is 0 Å². The molecule has 1 heterocycles. The lowest BCUT2D eigenvalue weighted by Gasteiger charge is -2.07. The summed E-state index contributed by atoms with van der Waals surface area (Å²) in [6, 6.07) is 8.49. The van der Waals surface area contributed by atoms with Crippen LogP contribution in [0.4, 0.5) is 15.9 Å². The van der Waals surface area contributed by atoms with Crippen molar-refractivity contribution in [2.75, 3.05) is 11.1 Å². The zero-order valence-electron chi connectivity index (χ0n) is 9.77. The fraction of sp³-hybridized carbons (Fsp3) is 0.0769. The zero-order valence-corrected chi connectivity index (χ0v) is 9.77. The number of carbonyl (C=O) groups is 1. The number of benzene rings is 1. The molecule has 0 bridgehead atoms. The van der Waals surface area contributed by atoms with Crippen LogP contribution in [-0.4, -0.2) is 10.9 Å². The number of nitrogens with zero attached hydrogens (tertiary/aromatic N) is 1. The van der Waals surface area contributed by atoms with Gasteiger partial charge in [-0.1, -0.05) is 17.7 Å². The normalized spacial score (nSPS) is 10.1. The van der Waals surface area contributed by atoms with Gasteiger partial charge in [0.15, 0.2) is 11.6 Å². The molecule has 3 N–H and O–H groups in total. The number of amides is 1. The number of nitrogens with two attached hydrogens (primary N) is 1. The predicted molar refractivity (Wildman–Crippen MR) is 67.7 cm³/mol. The first-order valence-electron chi connectivity index (χ1n) is 5.36. The summed E-state index contributed by atoms with van der Waals surface area (Å²) in [7, 11) is 0. The molecule has 0 spiro atoms. The third kappa shape index (κ3) is 2.45. The van der Waals surface area contributed by atoms with Gasteiger partial charge in [0.25, 0.3) is 5.91 Å². The second-order valence-electron chi connectivity index (χ2n) is 3.88. The Morgan fingerprint density at radius 1 is 1.28 bits per heavy atom. The second-order valence-corrected chi connectivity index (χ2v) is 3.88.